The highest BCUT2D eigenvalue weighted by molar-refractivity contribution is 7.92. The fourth-order valence-electron chi connectivity index (χ4n) is 4.17. The van der Waals surface area contributed by atoms with E-state index in [1.807, 2.05) is 6.92 Å². The molecule has 0 spiro atoms. The van der Waals surface area contributed by atoms with E-state index in [0.717, 1.165) is 50.8 Å². The van der Waals surface area contributed by atoms with E-state index in [-0.39, 0.29) is 36.0 Å². The highest BCUT2D eigenvalue weighted by Gasteiger charge is 2.16. The maximum absolute atomic E-state index is 12.1. The van der Waals surface area contributed by atoms with Gasteiger partial charge >= 0.3 is 0 Å². The maximum Gasteiger partial charge on any atom is 0.220 e. The molecular formula is C26H49N5O4S. The molecule has 1 heterocycles. The fourth-order valence-corrected chi connectivity index (χ4v) is 5.54. The van der Waals surface area contributed by atoms with E-state index in [1.54, 1.807) is 0 Å². The van der Waals surface area contributed by atoms with E-state index in [2.05, 4.69) is 25.9 Å². The molecule has 0 aliphatic carbocycles. The average molecular weight is 528 g/mol. The summed E-state index contributed by atoms with van der Waals surface area (Å²) >= 11 is 0. The summed E-state index contributed by atoms with van der Waals surface area (Å²) in [5.41, 5.74) is 0. The minimum Gasteiger partial charge on any atom is -0.356 e. The van der Waals surface area contributed by atoms with Crippen LogP contribution in [0, 0.1) is 0 Å². The van der Waals surface area contributed by atoms with Gasteiger partial charge in [-0.05, 0) is 25.7 Å². The van der Waals surface area contributed by atoms with Gasteiger partial charge in [-0.15, -0.1) is 10.2 Å². The van der Waals surface area contributed by atoms with Crippen LogP contribution in [0.25, 0.3) is 0 Å². The molecule has 0 unspecified atom stereocenters. The van der Waals surface area contributed by atoms with Crippen LogP contribution in [-0.4, -0.2) is 58.8 Å². The Bertz CT molecular complexity index is 784. The van der Waals surface area contributed by atoms with Crippen LogP contribution < -0.4 is 5.32 Å². The molecule has 0 saturated carbocycles. The molecule has 1 amide bonds. The van der Waals surface area contributed by atoms with Gasteiger partial charge in [0, 0.05) is 25.8 Å². The van der Waals surface area contributed by atoms with Gasteiger partial charge in [-0.1, -0.05) is 89.2 Å². The number of H-pyrrole nitrogens is 1. The Kier molecular flexibility index (Phi) is 19.0. The van der Waals surface area contributed by atoms with Crippen LogP contribution in [0.4, 0.5) is 0 Å². The lowest BCUT2D eigenvalue weighted by molar-refractivity contribution is -0.121. The van der Waals surface area contributed by atoms with Gasteiger partial charge in [0.25, 0.3) is 0 Å². The second-order valence-electron chi connectivity index (χ2n) is 9.86. The summed E-state index contributed by atoms with van der Waals surface area (Å²) in [6, 6.07) is 0. The van der Waals surface area contributed by atoms with Crippen LogP contribution in [0.5, 0.6) is 0 Å². The number of sulfone groups is 1. The summed E-state index contributed by atoms with van der Waals surface area (Å²) in [6.45, 7) is 2.68. The molecule has 1 aromatic heterocycles. The van der Waals surface area contributed by atoms with Gasteiger partial charge in [0.15, 0.2) is 15.7 Å². The number of hydrogen-bond acceptors (Lipinski definition) is 7. The number of amides is 1. The topological polar surface area (TPSA) is 135 Å². The molecule has 0 bridgehead atoms. The predicted octanol–water partition coefficient (Wildman–Crippen LogP) is 4.88. The van der Waals surface area contributed by atoms with Crippen LogP contribution in [0.15, 0.2) is 0 Å². The van der Waals surface area contributed by atoms with Gasteiger partial charge in [-0.25, -0.2) is 8.42 Å². The Morgan fingerprint density at radius 2 is 1.36 bits per heavy atom. The smallest absolute Gasteiger partial charge is 0.220 e. The third-order valence-electron chi connectivity index (χ3n) is 6.34. The lowest BCUT2D eigenvalue weighted by Crippen LogP contribution is -2.25. The highest BCUT2D eigenvalue weighted by atomic mass is 32.2. The molecule has 208 valence electrons. The molecule has 10 heteroatoms. The number of rotatable bonds is 25. The van der Waals surface area contributed by atoms with Crippen molar-refractivity contribution in [3.63, 3.8) is 0 Å². The molecule has 1 rings (SSSR count). The van der Waals surface area contributed by atoms with Gasteiger partial charge in [-0.3, -0.25) is 9.59 Å². The maximum atomic E-state index is 12.1. The first-order chi connectivity index (χ1) is 17.4. The van der Waals surface area contributed by atoms with Gasteiger partial charge in [0.2, 0.25) is 5.91 Å². The van der Waals surface area contributed by atoms with E-state index in [1.165, 1.54) is 57.8 Å². The van der Waals surface area contributed by atoms with E-state index >= 15 is 0 Å². The highest BCUT2D eigenvalue weighted by Crippen LogP contribution is 2.14. The summed E-state index contributed by atoms with van der Waals surface area (Å²) in [5.74, 6) is 0.0120. The van der Waals surface area contributed by atoms with Crippen molar-refractivity contribution < 1.29 is 18.0 Å². The molecule has 0 aromatic carbocycles. The fraction of sp³-hybridized carbons (Fsp3) is 0.885. The number of carbonyl (C=O) groups is 2. The van der Waals surface area contributed by atoms with Gasteiger partial charge in [0.05, 0.1) is 5.75 Å². The number of aromatic nitrogens is 4. The number of aromatic amines is 1. The minimum absolute atomic E-state index is 0.0958. The average Bonchev–Trinajstić information content (AvgIpc) is 3.35. The third kappa shape index (κ3) is 19.4. The van der Waals surface area contributed by atoms with Crippen molar-refractivity contribution in [1.29, 1.82) is 0 Å². The van der Waals surface area contributed by atoms with Crippen molar-refractivity contribution in [3.05, 3.63) is 5.82 Å². The number of carbonyl (C=O) groups excluding carboxylic acids is 2. The van der Waals surface area contributed by atoms with Crippen LogP contribution in [0.2, 0.25) is 0 Å². The first-order valence-corrected chi connectivity index (χ1v) is 16.0. The predicted molar refractivity (Wildman–Crippen MR) is 143 cm³/mol. The Labute approximate surface area is 218 Å². The van der Waals surface area contributed by atoms with Gasteiger partial charge in [0.1, 0.15) is 11.5 Å². The number of nitrogens with one attached hydrogen (secondary N) is 2. The Hall–Kier alpha value is -1.84. The van der Waals surface area contributed by atoms with E-state index < -0.39 is 9.84 Å². The minimum atomic E-state index is -3.42. The van der Waals surface area contributed by atoms with Crippen LogP contribution >= 0.6 is 0 Å². The van der Waals surface area contributed by atoms with Crippen LogP contribution in [-0.2, 0) is 25.8 Å². The van der Waals surface area contributed by atoms with Crippen molar-refractivity contribution in [2.45, 2.75) is 129 Å². The molecule has 1 aromatic rings. The summed E-state index contributed by atoms with van der Waals surface area (Å²) in [6.07, 6.45) is 19.0. The largest absolute Gasteiger partial charge is 0.356 e. The van der Waals surface area contributed by atoms with Crippen molar-refractivity contribution in [1.82, 2.24) is 25.9 Å². The first-order valence-electron chi connectivity index (χ1n) is 14.1. The van der Waals surface area contributed by atoms with Crippen molar-refractivity contribution >= 4 is 21.5 Å². The standard InChI is InChI=1S/C26H49N5O4S/c1-2-3-21-27-26(33)20-17-22-36(34,35)23-24(32)18-15-13-11-9-7-5-4-6-8-10-12-14-16-19-25-28-30-31-29-25/h2-23H2,1H3,(H,27,33)(H,28,29,30,31). The molecule has 0 aliphatic rings. The molecule has 0 saturated heterocycles. The summed E-state index contributed by atoms with van der Waals surface area (Å²) in [4.78, 5) is 23.7. The van der Waals surface area contributed by atoms with Crippen molar-refractivity contribution in [2.24, 2.45) is 0 Å². The number of hydrogen-bond donors (Lipinski definition) is 2. The SMILES string of the molecule is CCCCNC(=O)CCCS(=O)(=O)CC(=O)CCCCCCCCCCCCCCCc1nn[nH]n1. The van der Waals surface area contributed by atoms with E-state index in [4.69, 9.17) is 0 Å². The van der Waals surface area contributed by atoms with Gasteiger partial charge < -0.3 is 5.32 Å². The number of ketones is 1. The molecule has 36 heavy (non-hydrogen) atoms. The quantitative estimate of drug-likeness (QED) is 0.173. The molecule has 0 atom stereocenters. The summed E-state index contributed by atoms with van der Waals surface area (Å²) in [7, 11) is -3.42. The number of nitrogens with zero attached hydrogens (tertiary/aromatic N) is 3. The van der Waals surface area contributed by atoms with Crippen LogP contribution in [0.1, 0.15) is 128 Å². The monoisotopic (exact) mass is 527 g/mol. The Morgan fingerprint density at radius 3 is 1.92 bits per heavy atom. The van der Waals surface area contributed by atoms with Crippen molar-refractivity contribution in [2.75, 3.05) is 18.1 Å². The molecule has 2 N–H and O–H groups in total. The van der Waals surface area contributed by atoms with E-state index in [9.17, 15) is 18.0 Å². The number of unbranched alkanes of at least 4 members (excludes halogenated alkanes) is 13. The molecule has 9 nitrogen and oxygen atoms in total. The number of Topliss-reactive ketones (excluding diaryl/α,β-unsaturated/α-hetero) is 1. The Balaban J connectivity index is 1.86. The zero-order chi connectivity index (χ0) is 26.3. The molecule has 0 radical (unpaired) electrons. The van der Waals surface area contributed by atoms with Gasteiger partial charge in [-0.2, -0.15) is 5.21 Å². The summed E-state index contributed by atoms with van der Waals surface area (Å²) < 4.78 is 24.2. The zero-order valence-electron chi connectivity index (χ0n) is 22.4. The normalized spacial score (nSPS) is 11.6. The van der Waals surface area contributed by atoms with E-state index in [0.29, 0.717) is 13.0 Å². The Morgan fingerprint density at radius 1 is 0.778 bits per heavy atom. The second kappa shape index (κ2) is 21.3. The number of tetrazole rings is 1. The lowest BCUT2D eigenvalue weighted by Gasteiger charge is -2.06. The third-order valence-corrected chi connectivity index (χ3v) is 8.01. The zero-order valence-corrected chi connectivity index (χ0v) is 23.3. The second-order valence-corrected chi connectivity index (χ2v) is 12.0. The van der Waals surface area contributed by atoms with Crippen molar-refractivity contribution in [3.8, 4) is 0 Å². The molecule has 0 fully saturated rings. The first kappa shape index (κ1) is 32.2. The molecule has 0 aliphatic heterocycles. The number of aryl methyl sites for hydroxylation is 1. The summed E-state index contributed by atoms with van der Waals surface area (Å²) in [5, 5.41) is 16.7. The van der Waals surface area contributed by atoms with Crippen LogP contribution in [0.3, 0.4) is 0 Å². The lowest BCUT2D eigenvalue weighted by atomic mass is 10.0. The molecular weight excluding hydrogens is 478 g/mol.